The summed E-state index contributed by atoms with van der Waals surface area (Å²) in [5, 5.41) is 4.71. The molecule has 1 saturated heterocycles. The largest absolute Gasteiger partial charge is 0.463 e. The third-order valence-electron chi connectivity index (χ3n) is 5.97. The number of carbonyl (C=O) groups excluding carboxylic acids is 4. The number of hydrogen-bond acceptors (Lipinski definition) is 10. The van der Waals surface area contributed by atoms with Crippen LogP contribution in [0.1, 0.15) is 70.5 Å². The van der Waals surface area contributed by atoms with E-state index < -0.39 is 54.5 Å². The van der Waals surface area contributed by atoms with Gasteiger partial charge < -0.3 is 23.7 Å². The number of aromatic nitrogens is 2. The molecule has 5 atom stereocenters. The molecule has 0 amide bonds. The van der Waals surface area contributed by atoms with E-state index in [1.54, 1.807) is 18.3 Å². The van der Waals surface area contributed by atoms with Gasteiger partial charge in [-0.15, -0.1) is 0 Å². The van der Waals surface area contributed by atoms with E-state index in [1.807, 2.05) is 13.8 Å². The summed E-state index contributed by atoms with van der Waals surface area (Å²) in [7, 11) is 0. The third-order valence-corrected chi connectivity index (χ3v) is 5.97. The van der Waals surface area contributed by atoms with Gasteiger partial charge in [0, 0.05) is 40.3 Å². The van der Waals surface area contributed by atoms with Gasteiger partial charge in [-0.3, -0.25) is 19.2 Å². The Balaban J connectivity index is 2.09. The van der Waals surface area contributed by atoms with Crippen molar-refractivity contribution in [2.24, 2.45) is 0 Å². The summed E-state index contributed by atoms with van der Waals surface area (Å²) < 4.78 is 42.7. The minimum Gasteiger partial charge on any atom is -0.463 e. The molecule has 0 saturated carbocycles. The Morgan fingerprint density at radius 1 is 0.897 bits per heavy atom. The van der Waals surface area contributed by atoms with E-state index in [0.29, 0.717) is 12.1 Å². The SMILES string of the molecule is CC(=O)OC[C@H]1O[C@@H](n2cc(C(C)C)c(Cc3ccc(F)cc3)n2)[C@H](OC(C)=O)[C@@H](OC(C)=O)[C@@H]1OC(C)=O. The van der Waals surface area contributed by atoms with Crippen molar-refractivity contribution in [2.75, 3.05) is 6.61 Å². The predicted molar refractivity (Wildman–Crippen MR) is 133 cm³/mol. The lowest BCUT2D eigenvalue weighted by Crippen LogP contribution is -2.60. The summed E-state index contributed by atoms with van der Waals surface area (Å²) in [5.74, 6) is -3.07. The highest BCUT2D eigenvalue weighted by Gasteiger charge is 2.53. The third kappa shape index (κ3) is 7.85. The van der Waals surface area contributed by atoms with Gasteiger partial charge in [-0.25, -0.2) is 9.07 Å². The molecular weight excluding hydrogens is 515 g/mol. The van der Waals surface area contributed by atoms with Gasteiger partial charge in [0.15, 0.2) is 24.5 Å². The van der Waals surface area contributed by atoms with E-state index >= 15 is 0 Å². The molecule has 1 aromatic carbocycles. The second-order valence-corrected chi connectivity index (χ2v) is 9.56. The smallest absolute Gasteiger partial charge is 0.303 e. The van der Waals surface area contributed by atoms with Crippen LogP contribution in [0.5, 0.6) is 0 Å². The van der Waals surface area contributed by atoms with Crippen LogP contribution in [0.3, 0.4) is 0 Å². The van der Waals surface area contributed by atoms with Gasteiger partial charge in [0.25, 0.3) is 0 Å². The lowest BCUT2D eigenvalue weighted by atomic mass is 9.97. The Kier molecular flexibility index (Phi) is 9.79. The highest BCUT2D eigenvalue weighted by atomic mass is 19.1. The second-order valence-electron chi connectivity index (χ2n) is 9.56. The maximum atomic E-state index is 13.4. The number of halogens is 1. The lowest BCUT2D eigenvalue weighted by Gasteiger charge is -2.44. The number of rotatable bonds is 9. The first-order valence-corrected chi connectivity index (χ1v) is 12.5. The Morgan fingerprint density at radius 3 is 2.00 bits per heavy atom. The Morgan fingerprint density at radius 2 is 1.46 bits per heavy atom. The van der Waals surface area contributed by atoms with Gasteiger partial charge in [-0.2, -0.15) is 5.10 Å². The molecule has 1 aromatic heterocycles. The fourth-order valence-electron chi connectivity index (χ4n) is 4.41. The maximum Gasteiger partial charge on any atom is 0.303 e. The first kappa shape index (κ1) is 29.8. The quantitative estimate of drug-likeness (QED) is 0.340. The zero-order valence-corrected chi connectivity index (χ0v) is 22.7. The fraction of sp³-hybridized carbons (Fsp3) is 0.519. The van der Waals surface area contributed by atoms with Crippen LogP contribution in [0.25, 0.3) is 0 Å². The van der Waals surface area contributed by atoms with Crippen LogP contribution in [0.4, 0.5) is 4.39 Å². The molecule has 0 aliphatic carbocycles. The number of ether oxygens (including phenoxy) is 5. The Bertz CT molecular complexity index is 1190. The van der Waals surface area contributed by atoms with Crippen LogP contribution in [-0.2, 0) is 49.3 Å². The topological polar surface area (TPSA) is 132 Å². The molecule has 212 valence electrons. The van der Waals surface area contributed by atoms with E-state index in [-0.39, 0.29) is 18.3 Å². The lowest BCUT2D eigenvalue weighted by molar-refractivity contribution is -0.270. The molecule has 3 rings (SSSR count). The summed E-state index contributed by atoms with van der Waals surface area (Å²) in [5.41, 5.74) is 2.35. The molecule has 1 fully saturated rings. The summed E-state index contributed by atoms with van der Waals surface area (Å²) in [6.07, 6.45) is -3.97. The summed E-state index contributed by atoms with van der Waals surface area (Å²) in [4.78, 5) is 47.7. The zero-order chi connectivity index (χ0) is 28.9. The highest BCUT2D eigenvalue weighted by molar-refractivity contribution is 5.68. The molecule has 0 unspecified atom stereocenters. The van der Waals surface area contributed by atoms with Crippen molar-refractivity contribution < 1.29 is 47.3 Å². The molecule has 12 heteroatoms. The summed E-state index contributed by atoms with van der Waals surface area (Å²) in [6.45, 7) is 8.31. The van der Waals surface area contributed by atoms with Crippen molar-refractivity contribution in [1.29, 1.82) is 0 Å². The van der Waals surface area contributed by atoms with Crippen molar-refractivity contribution in [3.8, 4) is 0 Å². The van der Waals surface area contributed by atoms with Gasteiger partial charge in [0.2, 0.25) is 0 Å². The van der Waals surface area contributed by atoms with Crippen molar-refractivity contribution in [1.82, 2.24) is 9.78 Å². The monoisotopic (exact) mass is 548 g/mol. The van der Waals surface area contributed by atoms with E-state index in [0.717, 1.165) is 25.0 Å². The van der Waals surface area contributed by atoms with Crippen LogP contribution in [0.15, 0.2) is 30.5 Å². The van der Waals surface area contributed by atoms with Crippen LogP contribution < -0.4 is 0 Å². The van der Waals surface area contributed by atoms with Crippen molar-refractivity contribution in [3.63, 3.8) is 0 Å². The van der Waals surface area contributed by atoms with E-state index in [9.17, 15) is 23.6 Å². The van der Waals surface area contributed by atoms with Gasteiger partial charge in [-0.1, -0.05) is 26.0 Å². The predicted octanol–water partition coefficient (Wildman–Crippen LogP) is 2.99. The zero-order valence-electron chi connectivity index (χ0n) is 22.7. The number of benzene rings is 1. The molecule has 39 heavy (non-hydrogen) atoms. The van der Waals surface area contributed by atoms with Crippen LogP contribution in [-0.4, -0.2) is 64.7 Å². The van der Waals surface area contributed by atoms with Crippen molar-refractivity contribution in [3.05, 3.63) is 53.1 Å². The number of nitrogens with zero attached hydrogens (tertiary/aromatic N) is 2. The van der Waals surface area contributed by atoms with Gasteiger partial charge in [0.05, 0.1) is 5.69 Å². The first-order chi connectivity index (χ1) is 18.3. The standard InChI is InChI=1S/C27H33FN2O9/c1-14(2)21-12-30(29-22(21)11-19-7-9-20(28)10-8-19)27-26(38-18(6)34)25(37-17(5)33)24(36-16(4)32)23(39-27)13-35-15(3)31/h7-10,12,14,23-27H,11,13H2,1-6H3/t23-,24-,25+,26-,27-/m1/s1. The van der Waals surface area contributed by atoms with Gasteiger partial charge in [0.1, 0.15) is 18.5 Å². The van der Waals surface area contributed by atoms with E-state index in [4.69, 9.17) is 28.8 Å². The summed E-state index contributed by atoms with van der Waals surface area (Å²) >= 11 is 0. The van der Waals surface area contributed by atoms with Crippen LogP contribution >= 0.6 is 0 Å². The molecule has 2 aromatic rings. The molecule has 1 aliphatic rings. The fourth-order valence-corrected chi connectivity index (χ4v) is 4.41. The number of hydrogen-bond donors (Lipinski definition) is 0. The maximum absolute atomic E-state index is 13.4. The van der Waals surface area contributed by atoms with Gasteiger partial charge in [-0.05, 0) is 29.2 Å². The second kappa shape index (κ2) is 12.8. The summed E-state index contributed by atoms with van der Waals surface area (Å²) in [6, 6.07) is 6.04. The molecule has 0 N–H and O–H groups in total. The highest BCUT2D eigenvalue weighted by Crippen LogP contribution is 2.35. The average Bonchev–Trinajstić information content (AvgIpc) is 3.25. The molecule has 1 aliphatic heterocycles. The van der Waals surface area contributed by atoms with Gasteiger partial charge >= 0.3 is 23.9 Å². The normalized spacial score (nSPS) is 22.7. The molecule has 0 spiro atoms. The first-order valence-electron chi connectivity index (χ1n) is 12.5. The number of carbonyl (C=O) groups is 4. The van der Waals surface area contributed by atoms with E-state index in [2.05, 4.69) is 0 Å². The molecule has 11 nitrogen and oxygen atoms in total. The average molecular weight is 549 g/mol. The van der Waals surface area contributed by atoms with Crippen molar-refractivity contribution in [2.45, 2.75) is 84.5 Å². The van der Waals surface area contributed by atoms with Crippen LogP contribution in [0.2, 0.25) is 0 Å². The Hall–Kier alpha value is -3.80. The minimum atomic E-state index is -1.30. The Labute approximate surface area is 225 Å². The van der Waals surface area contributed by atoms with Crippen LogP contribution in [0, 0.1) is 5.82 Å². The molecule has 0 bridgehead atoms. The number of esters is 4. The molecular formula is C27H33FN2O9. The van der Waals surface area contributed by atoms with E-state index in [1.165, 1.54) is 30.7 Å². The minimum absolute atomic E-state index is 0.0277. The molecule has 0 radical (unpaired) electrons. The van der Waals surface area contributed by atoms with Crippen molar-refractivity contribution >= 4 is 23.9 Å². The molecule has 2 heterocycles.